The van der Waals surface area contributed by atoms with E-state index < -0.39 is 11.3 Å². The highest BCUT2D eigenvalue weighted by Gasteiger charge is 2.16. The second kappa shape index (κ2) is 6.21. The van der Waals surface area contributed by atoms with Gasteiger partial charge in [0.25, 0.3) is 5.91 Å². The molecular formula is C15H14ClN5O2. The van der Waals surface area contributed by atoms with Gasteiger partial charge < -0.3 is 9.88 Å². The van der Waals surface area contributed by atoms with Crippen molar-refractivity contribution in [1.82, 2.24) is 24.6 Å². The van der Waals surface area contributed by atoms with E-state index in [0.717, 1.165) is 0 Å². The van der Waals surface area contributed by atoms with E-state index in [4.69, 9.17) is 11.6 Å². The van der Waals surface area contributed by atoms with Gasteiger partial charge >= 0.3 is 0 Å². The predicted octanol–water partition coefficient (Wildman–Crippen LogP) is 1.21. The lowest BCUT2D eigenvalue weighted by molar-refractivity contribution is 0.0944. The number of amides is 1. The molecule has 1 aromatic carbocycles. The number of nitrogens with zero attached hydrogens (tertiary/aromatic N) is 4. The Bertz CT molecular complexity index is 918. The van der Waals surface area contributed by atoms with Crippen molar-refractivity contribution in [3.05, 3.63) is 57.9 Å². The van der Waals surface area contributed by atoms with Gasteiger partial charge in [0.15, 0.2) is 5.69 Å². The average Bonchev–Trinajstić information content (AvgIpc) is 3.04. The third-order valence-electron chi connectivity index (χ3n) is 3.45. The number of aromatic nitrogens is 4. The van der Waals surface area contributed by atoms with Crippen molar-refractivity contribution in [2.24, 2.45) is 7.05 Å². The zero-order chi connectivity index (χ0) is 16.4. The van der Waals surface area contributed by atoms with E-state index in [-0.39, 0.29) is 5.69 Å². The van der Waals surface area contributed by atoms with E-state index in [1.54, 1.807) is 44.0 Å². The van der Waals surface area contributed by atoms with E-state index >= 15 is 0 Å². The van der Waals surface area contributed by atoms with Crippen LogP contribution in [-0.2, 0) is 13.6 Å². The number of hydrogen-bond acceptors (Lipinski definition) is 4. The minimum atomic E-state index is -0.507. The second-order valence-electron chi connectivity index (χ2n) is 5.02. The fourth-order valence-electron chi connectivity index (χ4n) is 2.30. The molecule has 2 heterocycles. The van der Waals surface area contributed by atoms with Crippen molar-refractivity contribution in [3.8, 4) is 0 Å². The Kier molecular flexibility index (Phi) is 4.12. The molecule has 0 saturated heterocycles. The standard InChI is InChI=1S/C15H14ClN5O2/c1-20-12-3-2-10(16)8-11(12)14(22)13(19-20)15(23)18-5-7-21-6-4-17-9-21/h2-4,6,8-9H,5,7H2,1H3,(H,18,23). The van der Waals surface area contributed by atoms with Crippen molar-refractivity contribution >= 4 is 28.4 Å². The predicted molar refractivity (Wildman–Crippen MR) is 86.6 cm³/mol. The van der Waals surface area contributed by atoms with Gasteiger partial charge in [-0.1, -0.05) is 11.6 Å². The summed E-state index contributed by atoms with van der Waals surface area (Å²) in [5, 5.41) is 7.57. The second-order valence-corrected chi connectivity index (χ2v) is 5.46. The van der Waals surface area contributed by atoms with Crippen LogP contribution in [0.25, 0.3) is 10.9 Å². The first-order valence-corrected chi connectivity index (χ1v) is 7.34. The molecule has 0 aliphatic rings. The number of imidazole rings is 1. The Morgan fingerprint density at radius 3 is 2.96 bits per heavy atom. The molecule has 0 aliphatic heterocycles. The van der Waals surface area contributed by atoms with Crippen LogP contribution in [0.15, 0.2) is 41.7 Å². The molecule has 3 rings (SSSR count). The van der Waals surface area contributed by atoms with Crippen LogP contribution in [0.2, 0.25) is 5.02 Å². The lowest BCUT2D eigenvalue weighted by Gasteiger charge is -2.09. The molecule has 1 N–H and O–H groups in total. The van der Waals surface area contributed by atoms with E-state index in [0.29, 0.717) is 29.0 Å². The van der Waals surface area contributed by atoms with Gasteiger partial charge in [-0.2, -0.15) is 5.10 Å². The first-order valence-electron chi connectivity index (χ1n) is 6.97. The summed E-state index contributed by atoms with van der Waals surface area (Å²) in [5.74, 6) is -0.507. The van der Waals surface area contributed by atoms with Crippen LogP contribution >= 0.6 is 11.6 Å². The normalized spacial score (nSPS) is 10.9. The Labute approximate surface area is 136 Å². The molecule has 7 nitrogen and oxygen atoms in total. The van der Waals surface area contributed by atoms with Crippen molar-refractivity contribution in [2.75, 3.05) is 6.54 Å². The zero-order valence-corrected chi connectivity index (χ0v) is 13.1. The van der Waals surface area contributed by atoms with Crippen LogP contribution in [0.4, 0.5) is 0 Å². The number of benzene rings is 1. The van der Waals surface area contributed by atoms with Crippen molar-refractivity contribution in [1.29, 1.82) is 0 Å². The average molecular weight is 332 g/mol. The fourth-order valence-corrected chi connectivity index (χ4v) is 2.47. The molecule has 0 radical (unpaired) electrons. The van der Waals surface area contributed by atoms with Crippen LogP contribution in [0.3, 0.4) is 0 Å². The van der Waals surface area contributed by atoms with Gasteiger partial charge in [-0.25, -0.2) is 4.98 Å². The highest BCUT2D eigenvalue weighted by Crippen LogP contribution is 2.15. The van der Waals surface area contributed by atoms with E-state index in [1.165, 1.54) is 4.68 Å². The molecule has 0 atom stereocenters. The molecule has 8 heteroatoms. The highest BCUT2D eigenvalue weighted by molar-refractivity contribution is 6.31. The Balaban J connectivity index is 1.85. The highest BCUT2D eigenvalue weighted by atomic mass is 35.5. The summed E-state index contributed by atoms with van der Waals surface area (Å²) in [6.07, 6.45) is 5.11. The van der Waals surface area contributed by atoms with E-state index in [2.05, 4.69) is 15.4 Å². The zero-order valence-electron chi connectivity index (χ0n) is 12.4. The van der Waals surface area contributed by atoms with Gasteiger partial charge in [-0.3, -0.25) is 14.3 Å². The molecular weight excluding hydrogens is 318 g/mol. The lowest BCUT2D eigenvalue weighted by atomic mass is 10.2. The monoisotopic (exact) mass is 331 g/mol. The van der Waals surface area contributed by atoms with Gasteiger partial charge in [0.2, 0.25) is 5.43 Å². The van der Waals surface area contributed by atoms with E-state index in [9.17, 15) is 9.59 Å². The van der Waals surface area contributed by atoms with Crippen molar-refractivity contribution in [2.45, 2.75) is 6.54 Å². The minimum absolute atomic E-state index is 0.145. The first-order chi connectivity index (χ1) is 11.1. The smallest absolute Gasteiger partial charge is 0.275 e. The molecule has 3 aromatic rings. The molecule has 0 fully saturated rings. The van der Waals surface area contributed by atoms with Gasteiger partial charge in [-0.15, -0.1) is 0 Å². The SMILES string of the molecule is Cn1nc(C(=O)NCCn2ccnc2)c(=O)c2cc(Cl)ccc21. The van der Waals surface area contributed by atoms with Gasteiger partial charge in [0.1, 0.15) is 0 Å². The number of rotatable bonds is 4. The van der Waals surface area contributed by atoms with Crippen molar-refractivity contribution in [3.63, 3.8) is 0 Å². The van der Waals surface area contributed by atoms with Crippen molar-refractivity contribution < 1.29 is 4.79 Å². The lowest BCUT2D eigenvalue weighted by Crippen LogP contribution is -2.33. The molecule has 1 amide bonds. The van der Waals surface area contributed by atoms with Gasteiger partial charge in [-0.05, 0) is 18.2 Å². The molecule has 0 aliphatic carbocycles. The van der Waals surface area contributed by atoms with Gasteiger partial charge in [0, 0.05) is 37.6 Å². The summed E-state index contributed by atoms with van der Waals surface area (Å²) in [4.78, 5) is 28.6. The third kappa shape index (κ3) is 3.09. The number of carbonyl (C=O) groups excluding carboxylic acids is 1. The summed E-state index contributed by atoms with van der Waals surface area (Å²) in [7, 11) is 1.68. The number of aryl methyl sites for hydroxylation is 1. The number of carbonyl (C=O) groups is 1. The fraction of sp³-hybridized carbons (Fsp3) is 0.200. The Hall–Kier alpha value is -2.67. The van der Waals surface area contributed by atoms with Crippen LogP contribution < -0.4 is 10.7 Å². The molecule has 0 spiro atoms. The van der Waals surface area contributed by atoms with E-state index in [1.807, 2.05) is 4.57 Å². The van der Waals surface area contributed by atoms with Crippen LogP contribution in [0.5, 0.6) is 0 Å². The number of halogens is 1. The Morgan fingerprint density at radius 1 is 1.39 bits per heavy atom. The van der Waals surface area contributed by atoms with Crippen LogP contribution in [0.1, 0.15) is 10.5 Å². The maximum absolute atomic E-state index is 12.5. The maximum Gasteiger partial charge on any atom is 0.275 e. The molecule has 23 heavy (non-hydrogen) atoms. The molecule has 2 aromatic heterocycles. The first kappa shape index (κ1) is 15.2. The summed E-state index contributed by atoms with van der Waals surface area (Å²) in [6, 6.07) is 4.92. The molecule has 0 unspecified atom stereocenters. The molecule has 0 bridgehead atoms. The third-order valence-corrected chi connectivity index (χ3v) is 3.68. The Morgan fingerprint density at radius 2 is 2.22 bits per heavy atom. The number of hydrogen-bond donors (Lipinski definition) is 1. The number of nitrogens with one attached hydrogen (secondary N) is 1. The van der Waals surface area contributed by atoms with Gasteiger partial charge in [0.05, 0.1) is 17.2 Å². The largest absolute Gasteiger partial charge is 0.349 e. The topological polar surface area (TPSA) is 81.8 Å². The molecule has 118 valence electrons. The summed E-state index contributed by atoms with van der Waals surface area (Å²) in [6.45, 7) is 0.930. The van der Waals surface area contributed by atoms with Crippen LogP contribution in [-0.4, -0.2) is 31.8 Å². The summed E-state index contributed by atoms with van der Waals surface area (Å²) >= 11 is 5.94. The number of fused-ring (bicyclic) bond motifs is 1. The maximum atomic E-state index is 12.5. The molecule has 0 saturated carbocycles. The van der Waals surface area contributed by atoms with Crippen LogP contribution in [0, 0.1) is 0 Å². The quantitative estimate of drug-likeness (QED) is 0.779. The summed E-state index contributed by atoms with van der Waals surface area (Å²) < 4.78 is 3.32. The minimum Gasteiger partial charge on any atom is -0.349 e. The summed E-state index contributed by atoms with van der Waals surface area (Å²) in [5.41, 5.74) is 0.0444.